The van der Waals surface area contributed by atoms with Gasteiger partial charge >= 0.3 is 17.9 Å². The molecule has 0 fully saturated rings. The number of carbonyl (C=O) groups excluding carboxylic acids is 3. The molecule has 0 saturated heterocycles. The van der Waals surface area contributed by atoms with E-state index in [9.17, 15) is 14.4 Å². The molecule has 0 amide bonds. The molecule has 0 N–H and O–H groups in total. The van der Waals surface area contributed by atoms with Crippen molar-refractivity contribution in [2.75, 3.05) is 60.3 Å². The summed E-state index contributed by atoms with van der Waals surface area (Å²) >= 11 is 0. The van der Waals surface area contributed by atoms with E-state index in [1.807, 2.05) is 19.0 Å². The van der Waals surface area contributed by atoms with Gasteiger partial charge in [0.25, 0.3) is 0 Å². The zero-order valence-electron chi connectivity index (χ0n) is 36.3. The van der Waals surface area contributed by atoms with Gasteiger partial charge < -0.3 is 28.6 Å². The first kappa shape index (κ1) is 52.3. The normalized spacial score (nSPS) is 13.2. The van der Waals surface area contributed by atoms with Crippen LogP contribution in [0.2, 0.25) is 0 Å². The highest BCUT2D eigenvalue weighted by atomic mass is 16.6. The lowest BCUT2D eigenvalue weighted by molar-refractivity contribution is -0.167. The molecule has 2 unspecified atom stereocenters. The van der Waals surface area contributed by atoms with Gasteiger partial charge in [-0.1, -0.05) is 118 Å². The third-order valence-electron chi connectivity index (χ3n) is 10.1. The largest absolute Gasteiger partial charge is 0.462 e. The summed E-state index contributed by atoms with van der Waals surface area (Å²) in [5, 5.41) is 0. The molecular formula is C45H87NO8. The van der Waals surface area contributed by atoms with Crippen LogP contribution in [0.1, 0.15) is 195 Å². The van der Waals surface area contributed by atoms with Crippen molar-refractivity contribution >= 4 is 17.9 Å². The van der Waals surface area contributed by atoms with Crippen molar-refractivity contribution in [3.8, 4) is 0 Å². The molecule has 0 aliphatic carbocycles. The molecule has 9 heteroatoms. The van der Waals surface area contributed by atoms with Crippen LogP contribution in [-0.4, -0.2) is 89.2 Å². The highest BCUT2D eigenvalue weighted by Crippen LogP contribution is 2.19. The van der Waals surface area contributed by atoms with E-state index >= 15 is 0 Å². The Bertz CT molecular complexity index is 800. The summed E-state index contributed by atoms with van der Waals surface area (Å²) in [6.45, 7) is 12.6. The number of hydrogen-bond acceptors (Lipinski definition) is 9. The van der Waals surface area contributed by atoms with Crippen LogP contribution >= 0.6 is 0 Å². The molecule has 2 atom stereocenters. The summed E-state index contributed by atoms with van der Waals surface area (Å²) in [7, 11) is 3.90. The fourth-order valence-corrected chi connectivity index (χ4v) is 6.54. The lowest BCUT2D eigenvalue weighted by Gasteiger charge is -2.19. The maximum atomic E-state index is 12.5. The van der Waals surface area contributed by atoms with Crippen LogP contribution in [0.3, 0.4) is 0 Å². The van der Waals surface area contributed by atoms with Gasteiger partial charge in [-0.25, -0.2) is 0 Å². The predicted molar refractivity (Wildman–Crippen MR) is 222 cm³/mol. The van der Waals surface area contributed by atoms with Crippen LogP contribution in [0.25, 0.3) is 0 Å². The summed E-state index contributed by atoms with van der Waals surface area (Å²) in [6.07, 6.45) is 26.1. The fourth-order valence-electron chi connectivity index (χ4n) is 6.54. The molecule has 9 nitrogen and oxygen atoms in total. The van der Waals surface area contributed by atoms with Gasteiger partial charge in [-0.3, -0.25) is 14.4 Å². The molecular weight excluding hydrogens is 682 g/mol. The van der Waals surface area contributed by atoms with Crippen molar-refractivity contribution in [1.82, 2.24) is 4.90 Å². The minimum atomic E-state index is -0.822. The Labute approximate surface area is 333 Å². The van der Waals surface area contributed by atoms with Crippen LogP contribution in [0.5, 0.6) is 0 Å². The Balaban J connectivity index is 4.46. The molecule has 0 aliphatic rings. The highest BCUT2D eigenvalue weighted by molar-refractivity contribution is 5.71. The monoisotopic (exact) mass is 770 g/mol. The predicted octanol–water partition coefficient (Wildman–Crippen LogP) is 11.0. The third-order valence-corrected chi connectivity index (χ3v) is 10.1. The summed E-state index contributed by atoms with van der Waals surface area (Å²) in [5.74, 6) is 0.249. The third kappa shape index (κ3) is 36.0. The van der Waals surface area contributed by atoms with Crippen molar-refractivity contribution in [2.24, 2.45) is 11.8 Å². The molecule has 0 aliphatic heterocycles. The van der Waals surface area contributed by atoms with Crippen molar-refractivity contribution < 1.29 is 38.1 Å². The van der Waals surface area contributed by atoms with Crippen molar-refractivity contribution in [1.29, 1.82) is 0 Å². The topological polar surface area (TPSA) is 101 Å². The Hall–Kier alpha value is -1.71. The van der Waals surface area contributed by atoms with Gasteiger partial charge in [0, 0.05) is 45.7 Å². The van der Waals surface area contributed by atoms with Gasteiger partial charge in [0.2, 0.25) is 0 Å². The van der Waals surface area contributed by atoms with Gasteiger partial charge in [-0.2, -0.15) is 0 Å². The maximum absolute atomic E-state index is 12.5. The van der Waals surface area contributed by atoms with Crippen molar-refractivity contribution in [3.63, 3.8) is 0 Å². The lowest BCUT2D eigenvalue weighted by Crippen LogP contribution is -2.31. The molecule has 0 bridgehead atoms. The SMILES string of the molecule is CCCCCCC(CCCC)COCCCCCC(=O)OCC(COC(=O)CCCCCOCC(CCCC)CCCCCC)OC(=O)CCCN(C)C. The van der Waals surface area contributed by atoms with Gasteiger partial charge in [-0.15, -0.1) is 0 Å². The standard InChI is InChI=1S/C45H87NO8/c1-7-11-15-19-28-40(26-13-9-3)36-50-34-23-17-21-30-43(47)52-38-42(54-45(49)32-25-33-46(5)6)39-53-44(48)31-22-18-24-35-51-37-41(27-14-10-4)29-20-16-12-8-2/h40-42H,7-39H2,1-6H3. The average molecular weight is 770 g/mol. The minimum absolute atomic E-state index is 0.124. The molecule has 0 aromatic rings. The second-order valence-corrected chi connectivity index (χ2v) is 15.9. The summed E-state index contributed by atoms with van der Waals surface area (Å²) in [4.78, 5) is 39.6. The first-order valence-electron chi connectivity index (χ1n) is 22.6. The number of carbonyl (C=O) groups is 3. The summed E-state index contributed by atoms with van der Waals surface area (Å²) < 4.78 is 28.6. The second kappa shape index (κ2) is 39.5. The van der Waals surface area contributed by atoms with Gasteiger partial charge in [-0.05, 0) is 90.3 Å². The second-order valence-electron chi connectivity index (χ2n) is 15.9. The first-order chi connectivity index (χ1) is 26.2. The smallest absolute Gasteiger partial charge is 0.306 e. The van der Waals surface area contributed by atoms with Crippen molar-refractivity contribution in [3.05, 3.63) is 0 Å². The Morgan fingerprint density at radius 1 is 0.444 bits per heavy atom. The van der Waals surface area contributed by atoms with Crippen LogP contribution in [-0.2, 0) is 38.1 Å². The molecule has 0 aromatic heterocycles. The zero-order chi connectivity index (χ0) is 39.9. The van der Waals surface area contributed by atoms with E-state index in [1.165, 1.54) is 103 Å². The number of nitrogens with zero attached hydrogens (tertiary/aromatic N) is 1. The van der Waals surface area contributed by atoms with Gasteiger partial charge in [0.15, 0.2) is 6.10 Å². The van der Waals surface area contributed by atoms with Crippen LogP contribution in [0.4, 0.5) is 0 Å². The van der Waals surface area contributed by atoms with E-state index in [-0.39, 0.29) is 37.5 Å². The Kier molecular flexibility index (Phi) is 38.3. The average Bonchev–Trinajstić information content (AvgIpc) is 3.15. The Morgan fingerprint density at radius 3 is 1.28 bits per heavy atom. The van der Waals surface area contributed by atoms with Gasteiger partial charge in [0.05, 0.1) is 0 Å². The Morgan fingerprint density at radius 2 is 0.852 bits per heavy atom. The molecule has 0 heterocycles. The van der Waals surface area contributed by atoms with Crippen molar-refractivity contribution in [2.45, 2.75) is 201 Å². The minimum Gasteiger partial charge on any atom is -0.462 e. The van der Waals surface area contributed by atoms with Gasteiger partial charge in [0.1, 0.15) is 13.2 Å². The van der Waals surface area contributed by atoms with Crippen LogP contribution < -0.4 is 0 Å². The van der Waals surface area contributed by atoms with E-state index < -0.39 is 6.10 Å². The molecule has 0 rings (SSSR count). The number of ether oxygens (including phenoxy) is 5. The quantitative estimate of drug-likeness (QED) is 0.0342. The van der Waals surface area contributed by atoms with E-state index in [0.717, 1.165) is 58.7 Å². The number of hydrogen-bond donors (Lipinski definition) is 0. The maximum Gasteiger partial charge on any atom is 0.306 e. The van der Waals surface area contributed by atoms with Crippen LogP contribution in [0.15, 0.2) is 0 Å². The van der Waals surface area contributed by atoms with E-state index in [2.05, 4.69) is 27.7 Å². The molecule has 54 heavy (non-hydrogen) atoms. The molecule has 0 saturated carbocycles. The fraction of sp³-hybridized carbons (Fsp3) is 0.933. The number of rotatable bonds is 41. The molecule has 0 spiro atoms. The molecule has 0 aromatic carbocycles. The molecule has 320 valence electrons. The van der Waals surface area contributed by atoms with E-state index in [1.54, 1.807) is 0 Å². The summed E-state index contributed by atoms with van der Waals surface area (Å²) in [6, 6.07) is 0. The van der Waals surface area contributed by atoms with E-state index in [0.29, 0.717) is 43.9 Å². The zero-order valence-corrected chi connectivity index (χ0v) is 36.3. The molecule has 0 radical (unpaired) electrons. The summed E-state index contributed by atoms with van der Waals surface area (Å²) in [5.41, 5.74) is 0. The number of unbranched alkanes of at least 4 members (excludes halogenated alkanes) is 12. The highest BCUT2D eigenvalue weighted by Gasteiger charge is 2.20. The lowest BCUT2D eigenvalue weighted by atomic mass is 9.96. The first-order valence-corrected chi connectivity index (χ1v) is 22.6. The number of esters is 3. The van der Waals surface area contributed by atoms with Crippen LogP contribution in [0, 0.1) is 11.8 Å². The van der Waals surface area contributed by atoms with E-state index in [4.69, 9.17) is 23.7 Å².